The first-order chi connectivity index (χ1) is 13.3. The second-order valence-electron chi connectivity index (χ2n) is 7.71. The van der Waals surface area contributed by atoms with Gasteiger partial charge >= 0.3 is 0 Å². The lowest BCUT2D eigenvalue weighted by Gasteiger charge is -2.30. The minimum absolute atomic E-state index is 0.107. The molecule has 0 saturated carbocycles. The highest BCUT2D eigenvalue weighted by Crippen LogP contribution is 2.46. The second kappa shape index (κ2) is 8.36. The number of aryl methyl sites for hydroxylation is 1. The van der Waals surface area contributed by atoms with E-state index in [1.54, 1.807) is 7.11 Å². The van der Waals surface area contributed by atoms with Crippen LogP contribution in [0.3, 0.4) is 0 Å². The standard InChI is InChI=1S/C24H29NO2S/c1-17(2)10-9-11-19(4)22-16-28(26,20-12-7-6-8-13-20)25-24-21(22)14-18(3)15-23(24)27-5/h6-15,19,22H,16H2,1-5H3/b11-9+/t19-,22-,28?/m1/s1. The molecule has 0 aliphatic carbocycles. The maximum Gasteiger partial charge on any atom is 0.145 e. The van der Waals surface area contributed by atoms with Gasteiger partial charge in [0.15, 0.2) is 0 Å². The largest absolute Gasteiger partial charge is 0.494 e. The third-order valence-electron chi connectivity index (χ3n) is 5.10. The molecule has 1 heterocycles. The van der Waals surface area contributed by atoms with E-state index in [0.717, 1.165) is 21.7 Å². The maximum absolute atomic E-state index is 14.0. The van der Waals surface area contributed by atoms with Crippen LogP contribution in [0.4, 0.5) is 5.69 Å². The first kappa shape index (κ1) is 20.4. The topological polar surface area (TPSA) is 38.7 Å². The summed E-state index contributed by atoms with van der Waals surface area (Å²) >= 11 is 0. The van der Waals surface area contributed by atoms with Crippen LogP contribution in [-0.4, -0.2) is 17.1 Å². The van der Waals surface area contributed by atoms with Crippen LogP contribution in [0, 0.1) is 12.8 Å². The van der Waals surface area contributed by atoms with Crippen molar-refractivity contribution >= 4 is 15.4 Å². The maximum atomic E-state index is 14.0. The number of benzene rings is 2. The molecule has 0 spiro atoms. The summed E-state index contributed by atoms with van der Waals surface area (Å²) in [7, 11) is -0.918. The van der Waals surface area contributed by atoms with Gasteiger partial charge in [0.1, 0.15) is 11.4 Å². The number of nitrogens with zero attached hydrogens (tertiary/aromatic N) is 1. The Hall–Kier alpha value is -2.33. The molecule has 0 bridgehead atoms. The second-order valence-corrected chi connectivity index (χ2v) is 9.98. The van der Waals surface area contributed by atoms with Crippen molar-refractivity contribution in [2.45, 2.75) is 38.5 Å². The summed E-state index contributed by atoms with van der Waals surface area (Å²) in [6.07, 6.45) is 6.41. The Labute approximate surface area is 169 Å². The molecule has 3 atom stereocenters. The molecule has 0 radical (unpaired) electrons. The summed E-state index contributed by atoms with van der Waals surface area (Å²) in [6.45, 7) is 8.42. The number of rotatable bonds is 5. The molecule has 0 N–H and O–H groups in total. The highest BCUT2D eigenvalue weighted by Gasteiger charge is 2.32. The number of methoxy groups -OCH3 is 1. The summed E-state index contributed by atoms with van der Waals surface area (Å²) < 4.78 is 24.3. The van der Waals surface area contributed by atoms with Crippen LogP contribution in [0.25, 0.3) is 0 Å². The molecular weight excluding hydrogens is 366 g/mol. The summed E-state index contributed by atoms with van der Waals surface area (Å²) in [6, 6.07) is 13.8. The smallest absolute Gasteiger partial charge is 0.145 e. The molecule has 1 aliphatic heterocycles. The molecule has 1 aliphatic rings. The molecule has 0 amide bonds. The van der Waals surface area contributed by atoms with E-state index in [1.807, 2.05) is 36.4 Å². The number of allylic oxidation sites excluding steroid dienone is 4. The Balaban J connectivity index is 2.17. The van der Waals surface area contributed by atoms with Crippen LogP contribution in [0.15, 0.2) is 75.5 Å². The third-order valence-corrected chi connectivity index (χ3v) is 7.40. The first-order valence-electron chi connectivity index (χ1n) is 9.64. The Morgan fingerprint density at radius 2 is 1.96 bits per heavy atom. The van der Waals surface area contributed by atoms with E-state index in [1.165, 1.54) is 5.57 Å². The molecule has 28 heavy (non-hydrogen) atoms. The zero-order chi connectivity index (χ0) is 20.3. The minimum Gasteiger partial charge on any atom is -0.494 e. The van der Waals surface area contributed by atoms with E-state index in [0.29, 0.717) is 11.5 Å². The first-order valence-corrected chi connectivity index (χ1v) is 11.3. The summed E-state index contributed by atoms with van der Waals surface area (Å²) in [5.41, 5.74) is 4.25. The van der Waals surface area contributed by atoms with Gasteiger partial charge in [0, 0.05) is 16.6 Å². The van der Waals surface area contributed by atoms with Crippen LogP contribution in [-0.2, 0) is 9.73 Å². The van der Waals surface area contributed by atoms with Gasteiger partial charge < -0.3 is 4.74 Å². The highest BCUT2D eigenvalue weighted by atomic mass is 32.2. The van der Waals surface area contributed by atoms with Gasteiger partial charge in [-0.25, -0.2) is 4.21 Å². The Kier molecular flexibility index (Phi) is 6.09. The van der Waals surface area contributed by atoms with E-state index >= 15 is 0 Å². The fourth-order valence-corrected chi connectivity index (χ4v) is 6.02. The van der Waals surface area contributed by atoms with Crippen molar-refractivity contribution in [2.75, 3.05) is 12.9 Å². The van der Waals surface area contributed by atoms with Gasteiger partial charge in [0.2, 0.25) is 0 Å². The Morgan fingerprint density at radius 3 is 2.61 bits per heavy atom. The monoisotopic (exact) mass is 395 g/mol. The lowest BCUT2D eigenvalue weighted by atomic mass is 9.86. The SMILES string of the molecule is COc1cc(C)cc2c1N=S(=O)(c1ccccc1)C[C@@H]2[C@H](C)/C=C/C=C(C)C. The predicted molar refractivity (Wildman–Crippen MR) is 118 cm³/mol. The van der Waals surface area contributed by atoms with Gasteiger partial charge in [-0.1, -0.05) is 55.0 Å². The lowest BCUT2D eigenvalue weighted by molar-refractivity contribution is 0.414. The van der Waals surface area contributed by atoms with Gasteiger partial charge in [-0.2, -0.15) is 4.36 Å². The van der Waals surface area contributed by atoms with Gasteiger partial charge in [0.25, 0.3) is 0 Å². The third kappa shape index (κ3) is 4.22. The number of hydrogen-bond acceptors (Lipinski definition) is 3. The van der Waals surface area contributed by atoms with Crippen molar-refractivity contribution in [1.82, 2.24) is 0 Å². The van der Waals surface area contributed by atoms with E-state index in [-0.39, 0.29) is 11.8 Å². The van der Waals surface area contributed by atoms with Crippen molar-refractivity contribution in [3.8, 4) is 5.75 Å². The summed E-state index contributed by atoms with van der Waals surface area (Å²) in [5.74, 6) is 1.54. The zero-order valence-corrected chi connectivity index (χ0v) is 18.1. The Morgan fingerprint density at radius 1 is 1.25 bits per heavy atom. The van der Waals surface area contributed by atoms with Crippen LogP contribution in [0.2, 0.25) is 0 Å². The molecule has 1 unspecified atom stereocenters. The van der Waals surface area contributed by atoms with Crippen molar-refractivity contribution in [2.24, 2.45) is 10.3 Å². The molecule has 0 saturated heterocycles. The van der Waals surface area contributed by atoms with Gasteiger partial charge in [0.05, 0.1) is 16.8 Å². The molecule has 4 heteroatoms. The average Bonchev–Trinajstić information content (AvgIpc) is 2.67. The lowest BCUT2D eigenvalue weighted by Crippen LogP contribution is -2.23. The number of ether oxygens (including phenoxy) is 1. The molecule has 2 aromatic carbocycles. The van der Waals surface area contributed by atoms with Crippen molar-refractivity contribution < 1.29 is 8.95 Å². The molecule has 3 nitrogen and oxygen atoms in total. The molecule has 148 valence electrons. The van der Waals surface area contributed by atoms with E-state index in [4.69, 9.17) is 9.10 Å². The fraction of sp³-hybridized carbons (Fsp3) is 0.333. The van der Waals surface area contributed by atoms with Crippen LogP contribution in [0.5, 0.6) is 5.75 Å². The Bertz CT molecular complexity index is 1020. The molecular formula is C24H29NO2S. The summed E-state index contributed by atoms with van der Waals surface area (Å²) in [5, 5.41) is 0. The van der Waals surface area contributed by atoms with E-state index in [2.05, 4.69) is 52.0 Å². The normalized spacial score (nSPS) is 22.2. The van der Waals surface area contributed by atoms with Gasteiger partial charge in [-0.05, 0) is 56.0 Å². The predicted octanol–water partition coefficient (Wildman–Crippen LogP) is 6.42. The van der Waals surface area contributed by atoms with Crippen molar-refractivity contribution in [3.63, 3.8) is 0 Å². The van der Waals surface area contributed by atoms with E-state index < -0.39 is 9.73 Å². The zero-order valence-electron chi connectivity index (χ0n) is 17.3. The quantitative estimate of drug-likeness (QED) is 0.548. The van der Waals surface area contributed by atoms with Crippen LogP contribution in [0.1, 0.15) is 37.8 Å². The number of hydrogen-bond donors (Lipinski definition) is 0. The summed E-state index contributed by atoms with van der Waals surface area (Å²) in [4.78, 5) is 0.786. The van der Waals surface area contributed by atoms with Crippen LogP contribution < -0.4 is 4.74 Å². The molecule has 0 fully saturated rings. The average molecular weight is 396 g/mol. The van der Waals surface area contributed by atoms with Gasteiger partial charge in [-0.15, -0.1) is 0 Å². The fourth-order valence-electron chi connectivity index (χ4n) is 3.60. The van der Waals surface area contributed by atoms with E-state index in [9.17, 15) is 4.21 Å². The van der Waals surface area contributed by atoms with Crippen LogP contribution >= 0.6 is 0 Å². The van der Waals surface area contributed by atoms with Crippen molar-refractivity contribution in [1.29, 1.82) is 0 Å². The molecule has 0 aromatic heterocycles. The van der Waals surface area contributed by atoms with Crippen molar-refractivity contribution in [3.05, 3.63) is 77.4 Å². The molecule has 2 aromatic rings. The van der Waals surface area contributed by atoms with Gasteiger partial charge in [-0.3, -0.25) is 0 Å². The molecule has 3 rings (SSSR count). The highest BCUT2D eigenvalue weighted by molar-refractivity contribution is 7.93. The minimum atomic E-state index is -2.57. The number of fused-ring (bicyclic) bond motifs is 1.